The molecular weight excluding hydrogens is 366 g/mol. The van der Waals surface area contributed by atoms with E-state index >= 15 is 0 Å². The van der Waals surface area contributed by atoms with Crippen LogP contribution in [0.2, 0.25) is 0 Å². The molecule has 2 amide bonds. The summed E-state index contributed by atoms with van der Waals surface area (Å²) in [5.41, 5.74) is 1.76. The Balaban J connectivity index is 1.42. The highest BCUT2D eigenvalue weighted by molar-refractivity contribution is 5.94. The molecule has 3 heterocycles. The van der Waals surface area contributed by atoms with Crippen molar-refractivity contribution in [1.82, 2.24) is 25.3 Å². The molecule has 2 aliphatic rings. The van der Waals surface area contributed by atoms with Gasteiger partial charge in [0.25, 0.3) is 5.91 Å². The van der Waals surface area contributed by atoms with E-state index in [2.05, 4.69) is 15.7 Å². The lowest BCUT2D eigenvalue weighted by Crippen LogP contribution is -2.52. The van der Waals surface area contributed by atoms with Crippen LogP contribution in [0.15, 0.2) is 42.7 Å². The van der Waals surface area contributed by atoms with Crippen LogP contribution < -0.4 is 10.6 Å². The number of hydrogen-bond donors (Lipinski definition) is 2. The average molecular weight is 396 g/mol. The van der Waals surface area contributed by atoms with Crippen LogP contribution in [0.1, 0.15) is 41.1 Å². The number of rotatable bonds is 5. The van der Waals surface area contributed by atoms with Gasteiger partial charge in [0, 0.05) is 56.9 Å². The quantitative estimate of drug-likeness (QED) is 0.805. The number of piperidine rings is 1. The standard InChI is InChI=1S/C22H29N5O2/c1-26-15-17(11-25-26)19-13-23-14-20(19)22(29)27-10-6-5-9-18(27)12-24-21(28)16-7-3-2-4-8-16/h2-4,7-8,11,15,18-20,23H,5-6,9-10,12-14H2,1H3,(H,24,28)/t18?,19-,20+/m1/s1. The van der Waals surface area contributed by atoms with Crippen LogP contribution in [-0.4, -0.2) is 58.7 Å². The summed E-state index contributed by atoms with van der Waals surface area (Å²) in [7, 11) is 1.90. The van der Waals surface area contributed by atoms with Crippen LogP contribution in [0, 0.1) is 5.92 Å². The van der Waals surface area contributed by atoms with Gasteiger partial charge in [0.2, 0.25) is 5.91 Å². The van der Waals surface area contributed by atoms with Crippen molar-refractivity contribution in [3.63, 3.8) is 0 Å². The summed E-state index contributed by atoms with van der Waals surface area (Å²) in [5, 5.41) is 10.7. The molecule has 2 aliphatic heterocycles. The summed E-state index contributed by atoms with van der Waals surface area (Å²) < 4.78 is 1.79. The van der Waals surface area contributed by atoms with Gasteiger partial charge in [0.1, 0.15) is 0 Å². The summed E-state index contributed by atoms with van der Waals surface area (Å²) >= 11 is 0. The molecule has 3 atom stereocenters. The number of likely N-dealkylation sites (tertiary alicyclic amines) is 1. The van der Waals surface area contributed by atoms with Crippen molar-refractivity contribution >= 4 is 11.8 Å². The molecule has 2 N–H and O–H groups in total. The molecule has 1 unspecified atom stereocenters. The van der Waals surface area contributed by atoms with Gasteiger partial charge in [0.15, 0.2) is 0 Å². The molecule has 0 saturated carbocycles. The van der Waals surface area contributed by atoms with Gasteiger partial charge in [-0.25, -0.2) is 0 Å². The Morgan fingerprint density at radius 1 is 1.21 bits per heavy atom. The maximum atomic E-state index is 13.5. The van der Waals surface area contributed by atoms with E-state index in [1.54, 1.807) is 4.68 Å². The molecule has 2 saturated heterocycles. The molecular formula is C22H29N5O2. The van der Waals surface area contributed by atoms with Gasteiger partial charge in [-0.1, -0.05) is 18.2 Å². The number of carbonyl (C=O) groups excluding carboxylic acids is 2. The molecule has 0 aliphatic carbocycles. The van der Waals surface area contributed by atoms with Crippen molar-refractivity contribution < 1.29 is 9.59 Å². The first-order chi connectivity index (χ1) is 14.1. The van der Waals surface area contributed by atoms with Crippen molar-refractivity contribution in [2.75, 3.05) is 26.2 Å². The Bertz CT molecular complexity index is 850. The molecule has 29 heavy (non-hydrogen) atoms. The lowest BCUT2D eigenvalue weighted by atomic mass is 9.88. The zero-order valence-electron chi connectivity index (χ0n) is 16.9. The Kier molecular flexibility index (Phi) is 5.94. The zero-order valence-corrected chi connectivity index (χ0v) is 16.9. The molecule has 2 aromatic rings. The van der Waals surface area contributed by atoms with Crippen molar-refractivity contribution in [3.8, 4) is 0 Å². The number of nitrogens with zero attached hydrogens (tertiary/aromatic N) is 3. The van der Waals surface area contributed by atoms with Gasteiger partial charge in [-0.2, -0.15) is 5.10 Å². The molecule has 4 rings (SSSR count). The summed E-state index contributed by atoms with van der Waals surface area (Å²) in [6.45, 7) is 2.75. The van der Waals surface area contributed by atoms with Crippen molar-refractivity contribution in [2.24, 2.45) is 13.0 Å². The fraction of sp³-hybridized carbons (Fsp3) is 0.500. The third-order valence-corrected chi connectivity index (χ3v) is 6.13. The summed E-state index contributed by atoms with van der Waals surface area (Å²) in [6, 6.07) is 9.28. The van der Waals surface area contributed by atoms with Gasteiger partial charge in [0.05, 0.1) is 12.1 Å². The molecule has 1 aromatic heterocycles. The first-order valence-electron chi connectivity index (χ1n) is 10.5. The molecule has 7 nitrogen and oxygen atoms in total. The first-order valence-corrected chi connectivity index (χ1v) is 10.5. The highest BCUT2D eigenvalue weighted by atomic mass is 16.2. The number of amides is 2. The summed E-state index contributed by atoms with van der Waals surface area (Å²) in [4.78, 5) is 27.9. The van der Waals surface area contributed by atoms with Crippen molar-refractivity contribution in [1.29, 1.82) is 0 Å². The number of carbonyl (C=O) groups is 2. The van der Waals surface area contributed by atoms with E-state index in [4.69, 9.17) is 0 Å². The van der Waals surface area contributed by atoms with E-state index in [9.17, 15) is 9.59 Å². The van der Waals surface area contributed by atoms with E-state index < -0.39 is 0 Å². The minimum Gasteiger partial charge on any atom is -0.350 e. The van der Waals surface area contributed by atoms with Crippen LogP contribution in [0.4, 0.5) is 0 Å². The number of aromatic nitrogens is 2. The van der Waals surface area contributed by atoms with Crippen LogP contribution >= 0.6 is 0 Å². The molecule has 2 fully saturated rings. The smallest absolute Gasteiger partial charge is 0.251 e. The normalized spacial score (nSPS) is 24.4. The fourth-order valence-electron chi connectivity index (χ4n) is 4.54. The Hall–Kier alpha value is -2.67. The molecule has 154 valence electrons. The maximum absolute atomic E-state index is 13.5. The summed E-state index contributed by atoms with van der Waals surface area (Å²) in [5.74, 6) is 0.184. The van der Waals surface area contributed by atoms with E-state index in [1.165, 1.54) is 0 Å². The second kappa shape index (κ2) is 8.78. The maximum Gasteiger partial charge on any atom is 0.251 e. The number of aryl methyl sites for hydroxylation is 1. The Morgan fingerprint density at radius 3 is 2.79 bits per heavy atom. The lowest BCUT2D eigenvalue weighted by molar-refractivity contribution is -0.139. The number of nitrogens with one attached hydrogen (secondary N) is 2. The van der Waals surface area contributed by atoms with Crippen LogP contribution in [-0.2, 0) is 11.8 Å². The first kappa shape index (κ1) is 19.6. The Morgan fingerprint density at radius 2 is 2.03 bits per heavy atom. The molecule has 0 bridgehead atoms. The van der Waals surface area contributed by atoms with Gasteiger partial charge in [-0.3, -0.25) is 14.3 Å². The average Bonchev–Trinajstić information content (AvgIpc) is 3.41. The number of benzene rings is 1. The molecule has 0 radical (unpaired) electrons. The number of hydrogen-bond acceptors (Lipinski definition) is 4. The topological polar surface area (TPSA) is 79.3 Å². The highest BCUT2D eigenvalue weighted by Crippen LogP contribution is 2.31. The lowest BCUT2D eigenvalue weighted by Gasteiger charge is -2.38. The van der Waals surface area contributed by atoms with E-state index in [0.29, 0.717) is 18.7 Å². The van der Waals surface area contributed by atoms with Crippen LogP contribution in [0.25, 0.3) is 0 Å². The Labute approximate surface area is 171 Å². The minimum absolute atomic E-state index is 0.0547. The van der Waals surface area contributed by atoms with E-state index in [-0.39, 0.29) is 29.7 Å². The van der Waals surface area contributed by atoms with Crippen LogP contribution in [0.5, 0.6) is 0 Å². The predicted octanol–water partition coefficient (Wildman–Crippen LogP) is 1.53. The third-order valence-electron chi connectivity index (χ3n) is 6.13. The van der Waals surface area contributed by atoms with Crippen molar-refractivity contribution in [2.45, 2.75) is 31.2 Å². The highest BCUT2D eigenvalue weighted by Gasteiger charge is 2.39. The molecule has 1 aromatic carbocycles. The van der Waals surface area contributed by atoms with Gasteiger partial charge in [-0.05, 0) is 37.0 Å². The van der Waals surface area contributed by atoms with Crippen molar-refractivity contribution in [3.05, 3.63) is 53.9 Å². The van der Waals surface area contributed by atoms with Crippen LogP contribution in [0.3, 0.4) is 0 Å². The monoisotopic (exact) mass is 395 g/mol. The SMILES string of the molecule is Cn1cc([C@H]2CNC[C@@H]2C(=O)N2CCCCC2CNC(=O)c2ccccc2)cn1. The van der Waals surface area contributed by atoms with Gasteiger partial charge in [-0.15, -0.1) is 0 Å². The second-order valence-corrected chi connectivity index (χ2v) is 8.08. The van der Waals surface area contributed by atoms with E-state index in [1.807, 2.05) is 54.7 Å². The third kappa shape index (κ3) is 4.34. The minimum atomic E-state index is -0.0839. The molecule has 0 spiro atoms. The molecule has 7 heteroatoms. The fourth-order valence-corrected chi connectivity index (χ4v) is 4.54. The summed E-state index contributed by atoms with van der Waals surface area (Å²) in [6.07, 6.45) is 6.91. The largest absolute Gasteiger partial charge is 0.350 e. The van der Waals surface area contributed by atoms with E-state index in [0.717, 1.165) is 37.9 Å². The predicted molar refractivity (Wildman–Crippen MR) is 110 cm³/mol. The second-order valence-electron chi connectivity index (χ2n) is 8.08. The van der Waals surface area contributed by atoms with Gasteiger partial charge < -0.3 is 15.5 Å². The zero-order chi connectivity index (χ0) is 20.2. The van der Waals surface area contributed by atoms with Gasteiger partial charge >= 0.3 is 0 Å².